The summed E-state index contributed by atoms with van der Waals surface area (Å²) in [5, 5.41) is 0. The molecule has 80 valence electrons. The molecule has 0 saturated heterocycles. The van der Waals surface area contributed by atoms with Crippen molar-refractivity contribution in [2.24, 2.45) is 0 Å². The molecule has 0 atom stereocenters. The van der Waals surface area contributed by atoms with Crippen molar-refractivity contribution >= 4 is 33.3 Å². The standard InChI is InChI=1S/C6H13Cl2NO3S/c7-1-3-9(4-2-8)5-6-13(10,11)12/h1-6H2,(H,10,11,12). The molecule has 0 radical (unpaired) electrons. The molecule has 0 fully saturated rings. The second-order valence-electron chi connectivity index (χ2n) is 2.51. The van der Waals surface area contributed by atoms with Gasteiger partial charge in [0.1, 0.15) is 0 Å². The van der Waals surface area contributed by atoms with Crippen LogP contribution in [0, 0.1) is 0 Å². The Hall–Kier alpha value is 0.450. The second-order valence-corrected chi connectivity index (χ2v) is 4.83. The highest BCUT2D eigenvalue weighted by Crippen LogP contribution is 1.93. The van der Waals surface area contributed by atoms with E-state index in [-0.39, 0.29) is 12.3 Å². The van der Waals surface area contributed by atoms with E-state index in [1.54, 1.807) is 4.90 Å². The first-order valence-corrected chi connectivity index (χ1v) is 6.47. The van der Waals surface area contributed by atoms with E-state index in [0.717, 1.165) is 0 Å². The van der Waals surface area contributed by atoms with Gasteiger partial charge < -0.3 is 0 Å². The lowest BCUT2D eigenvalue weighted by Crippen LogP contribution is -2.32. The summed E-state index contributed by atoms with van der Waals surface area (Å²) in [5.74, 6) is 0.561. The normalized spacial score (nSPS) is 12.3. The van der Waals surface area contributed by atoms with E-state index in [4.69, 9.17) is 27.8 Å². The highest BCUT2D eigenvalue weighted by molar-refractivity contribution is 7.85. The van der Waals surface area contributed by atoms with Gasteiger partial charge in [-0.05, 0) is 0 Å². The average molecular weight is 250 g/mol. The summed E-state index contributed by atoms with van der Waals surface area (Å²) in [4.78, 5) is 1.79. The van der Waals surface area contributed by atoms with Gasteiger partial charge >= 0.3 is 0 Å². The molecule has 0 aliphatic carbocycles. The fourth-order valence-corrected chi connectivity index (χ4v) is 1.79. The van der Waals surface area contributed by atoms with E-state index < -0.39 is 10.1 Å². The number of halogens is 2. The summed E-state index contributed by atoms with van der Waals surface area (Å²) in [6.45, 7) is 1.41. The molecule has 0 aromatic carbocycles. The van der Waals surface area contributed by atoms with Crippen LogP contribution in [0.2, 0.25) is 0 Å². The minimum Gasteiger partial charge on any atom is -0.300 e. The lowest BCUT2D eigenvalue weighted by molar-refractivity contribution is 0.322. The van der Waals surface area contributed by atoms with E-state index in [2.05, 4.69) is 0 Å². The van der Waals surface area contributed by atoms with Crippen LogP contribution in [-0.2, 0) is 10.1 Å². The van der Waals surface area contributed by atoms with Crippen molar-refractivity contribution < 1.29 is 13.0 Å². The Balaban J connectivity index is 3.81. The summed E-state index contributed by atoms with van der Waals surface area (Å²) in [6, 6.07) is 0. The SMILES string of the molecule is O=S(=O)(O)CCN(CCCl)CCCl. The molecule has 0 bridgehead atoms. The van der Waals surface area contributed by atoms with Crippen molar-refractivity contribution in [2.75, 3.05) is 37.1 Å². The summed E-state index contributed by atoms with van der Waals surface area (Å²) in [5.41, 5.74) is 0. The fraction of sp³-hybridized carbons (Fsp3) is 1.00. The number of hydrogen-bond donors (Lipinski definition) is 1. The first-order valence-electron chi connectivity index (χ1n) is 3.79. The Bertz CT molecular complexity index is 214. The summed E-state index contributed by atoms with van der Waals surface area (Å²) < 4.78 is 29.3. The predicted molar refractivity (Wildman–Crippen MR) is 54.3 cm³/mol. The molecule has 0 aliphatic heterocycles. The van der Waals surface area contributed by atoms with Crippen LogP contribution in [0.1, 0.15) is 0 Å². The first-order chi connectivity index (χ1) is 5.99. The minimum absolute atomic E-state index is 0.262. The largest absolute Gasteiger partial charge is 0.300 e. The van der Waals surface area contributed by atoms with Crippen LogP contribution in [-0.4, -0.2) is 55.0 Å². The van der Waals surface area contributed by atoms with E-state index in [9.17, 15) is 8.42 Å². The zero-order chi connectivity index (χ0) is 10.3. The Morgan fingerprint density at radius 1 is 1.08 bits per heavy atom. The second kappa shape index (κ2) is 6.84. The van der Waals surface area contributed by atoms with Gasteiger partial charge in [0, 0.05) is 31.4 Å². The molecule has 0 aliphatic rings. The molecule has 0 aromatic heterocycles. The van der Waals surface area contributed by atoms with Gasteiger partial charge in [0.25, 0.3) is 10.1 Å². The number of rotatable bonds is 7. The molecule has 0 spiro atoms. The predicted octanol–water partition coefficient (Wildman–Crippen LogP) is 0.654. The van der Waals surface area contributed by atoms with Crippen LogP contribution in [0.3, 0.4) is 0 Å². The molecule has 0 heterocycles. The van der Waals surface area contributed by atoms with Crippen molar-refractivity contribution in [3.05, 3.63) is 0 Å². The highest BCUT2D eigenvalue weighted by Gasteiger charge is 2.09. The summed E-state index contributed by atoms with van der Waals surface area (Å²) in [7, 11) is -3.88. The van der Waals surface area contributed by atoms with Crippen LogP contribution in [0.15, 0.2) is 0 Å². The third-order valence-electron chi connectivity index (χ3n) is 1.47. The van der Waals surface area contributed by atoms with Gasteiger partial charge in [-0.2, -0.15) is 8.42 Å². The number of nitrogens with zero attached hydrogens (tertiary/aromatic N) is 1. The monoisotopic (exact) mass is 249 g/mol. The van der Waals surface area contributed by atoms with Gasteiger partial charge in [0.2, 0.25) is 0 Å². The van der Waals surface area contributed by atoms with Gasteiger partial charge in [0.05, 0.1) is 5.75 Å². The summed E-state index contributed by atoms with van der Waals surface area (Å²) >= 11 is 11.0. The molecule has 4 nitrogen and oxygen atoms in total. The van der Waals surface area contributed by atoms with Crippen LogP contribution < -0.4 is 0 Å². The minimum atomic E-state index is -3.88. The molecule has 1 N–H and O–H groups in total. The lowest BCUT2D eigenvalue weighted by Gasteiger charge is -2.18. The van der Waals surface area contributed by atoms with E-state index in [0.29, 0.717) is 24.8 Å². The average Bonchev–Trinajstić information content (AvgIpc) is 2.00. The maximum atomic E-state index is 10.4. The van der Waals surface area contributed by atoms with Crippen molar-refractivity contribution in [3.8, 4) is 0 Å². The lowest BCUT2D eigenvalue weighted by atomic mass is 10.5. The summed E-state index contributed by atoms with van der Waals surface area (Å²) in [6.07, 6.45) is 0. The van der Waals surface area contributed by atoms with Crippen molar-refractivity contribution in [3.63, 3.8) is 0 Å². The van der Waals surface area contributed by atoms with E-state index in [1.807, 2.05) is 0 Å². The van der Waals surface area contributed by atoms with E-state index in [1.165, 1.54) is 0 Å². The maximum Gasteiger partial charge on any atom is 0.266 e. The molecule has 0 saturated carbocycles. The third kappa shape index (κ3) is 8.77. The van der Waals surface area contributed by atoms with Crippen LogP contribution in [0.5, 0.6) is 0 Å². The Labute approximate surface area is 88.6 Å². The zero-order valence-corrected chi connectivity index (χ0v) is 9.45. The molecular weight excluding hydrogens is 237 g/mol. The molecule has 7 heteroatoms. The van der Waals surface area contributed by atoms with Crippen LogP contribution >= 0.6 is 23.2 Å². The van der Waals surface area contributed by atoms with Crippen molar-refractivity contribution in [1.82, 2.24) is 4.90 Å². The Kier molecular flexibility index (Phi) is 7.07. The molecule has 0 unspecified atom stereocenters. The number of alkyl halides is 2. The fourth-order valence-electron chi connectivity index (χ4n) is 0.819. The van der Waals surface area contributed by atoms with Crippen LogP contribution in [0.25, 0.3) is 0 Å². The van der Waals surface area contributed by atoms with Gasteiger partial charge in [0.15, 0.2) is 0 Å². The first kappa shape index (κ1) is 13.4. The number of hydrogen-bond acceptors (Lipinski definition) is 3. The van der Waals surface area contributed by atoms with Gasteiger partial charge in [-0.3, -0.25) is 9.45 Å². The molecule has 0 aromatic rings. The smallest absolute Gasteiger partial charge is 0.266 e. The van der Waals surface area contributed by atoms with Gasteiger partial charge in [-0.15, -0.1) is 23.2 Å². The third-order valence-corrected chi connectivity index (χ3v) is 2.50. The Morgan fingerprint density at radius 2 is 1.54 bits per heavy atom. The molecule has 13 heavy (non-hydrogen) atoms. The van der Waals surface area contributed by atoms with Gasteiger partial charge in [-0.1, -0.05) is 0 Å². The van der Waals surface area contributed by atoms with Crippen molar-refractivity contribution in [1.29, 1.82) is 0 Å². The highest BCUT2D eigenvalue weighted by atomic mass is 35.5. The van der Waals surface area contributed by atoms with Crippen molar-refractivity contribution in [2.45, 2.75) is 0 Å². The zero-order valence-electron chi connectivity index (χ0n) is 7.12. The van der Waals surface area contributed by atoms with Crippen LogP contribution in [0.4, 0.5) is 0 Å². The maximum absolute atomic E-state index is 10.4. The Morgan fingerprint density at radius 3 is 1.85 bits per heavy atom. The quantitative estimate of drug-likeness (QED) is 0.532. The molecule has 0 rings (SSSR count). The van der Waals surface area contributed by atoms with Gasteiger partial charge in [-0.25, -0.2) is 0 Å². The molecular formula is C6H13Cl2NO3S. The topological polar surface area (TPSA) is 57.6 Å². The molecule has 0 amide bonds. The van der Waals surface area contributed by atoms with E-state index >= 15 is 0 Å².